The summed E-state index contributed by atoms with van der Waals surface area (Å²) in [5.41, 5.74) is 0.536. The van der Waals surface area contributed by atoms with Crippen LogP contribution in [0.5, 0.6) is 0 Å². The van der Waals surface area contributed by atoms with E-state index in [-0.39, 0.29) is 5.78 Å². The van der Waals surface area contributed by atoms with Crippen LogP contribution in [0.25, 0.3) is 0 Å². The standard InChI is InChI=1S/C16H21Cl2NO/c1-19(11-12-5-2-3-6-12)10-9-15(20)13-7-4-8-14(17)16(13)18/h4,7-8,12H,2-3,5-6,9-11H2,1H3. The van der Waals surface area contributed by atoms with E-state index in [0.717, 1.165) is 19.0 Å². The van der Waals surface area contributed by atoms with Crippen LogP contribution in [0, 0.1) is 5.92 Å². The predicted molar refractivity (Wildman–Crippen MR) is 84.9 cm³/mol. The number of carbonyl (C=O) groups excluding carboxylic acids is 1. The molecule has 4 heteroatoms. The smallest absolute Gasteiger partial charge is 0.165 e. The molecule has 1 fully saturated rings. The Balaban J connectivity index is 1.83. The van der Waals surface area contributed by atoms with E-state index in [4.69, 9.17) is 23.2 Å². The van der Waals surface area contributed by atoms with Gasteiger partial charge in [-0.05, 0) is 37.9 Å². The first-order valence-corrected chi connectivity index (χ1v) is 7.99. The molecule has 1 aliphatic rings. The van der Waals surface area contributed by atoms with Gasteiger partial charge in [0, 0.05) is 25.1 Å². The first-order chi connectivity index (χ1) is 9.58. The van der Waals surface area contributed by atoms with Crippen LogP contribution in [0.1, 0.15) is 42.5 Å². The van der Waals surface area contributed by atoms with Gasteiger partial charge < -0.3 is 4.90 Å². The summed E-state index contributed by atoms with van der Waals surface area (Å²) in [6.45, 7) is 1.87. The fraction of sp³-hybridized carbons (Fsp3) is 0.562. The molecule has 1 aliphatic carbocycles. The average molecular weight is 314 g/mol. The molecule has 0 atom stereocenters. The van der Waals surface area contributed by atoms with Gasteiger partial charge >= 0.3 is 0 Å². The van der Waals surface area contributed by atoms with E-state index in [0.29, 0.717) is 22.0 Å². The van der Waals surface area contributed by atoms with Crippen molar-refractivity contribution in [2.75, 3.05) is 20.1 Å². The number of carbonyl (C=O) groups is 1. The SMILES string of the molecule is CN(CCC(=O)c1cccc(Cl)c1Cl)CC1CCCC1. The van der Waals surface area contributed by atoms with Crippen LogP contribution in [-0.2, 0) is 0 Å². The van der Waals surface area contributed by atoms with Crippen molar-refractivity contribution in [3.05, 3.63) is 33.8 Å². The number of halogens is 2. The lowest BCUT2D eigenvalue weighted by molar-refractivity contribution is 0.0966. The molecule has 2 nitrogen and oxygen atoms in total. The summed E-state index contributed by atoms with van der Waals surface area (Å²) in [6, 6.07) is 5.21. The number of hydrogen-bond acceptors (Lipinski definition) is 2. The van der Waals surface area contributed by atoms with E-state index in [9.17, 15) is 4.79 Å². The molecule has 0 saturated heterocycles. The minimum atomic E-state index is 0.0655. The quantitative estimate of drug-likeness (QED) is 0.710. The van der Waals surface area contributed by atoms with Crippen molar-refractivity contribution in [3.8, 4) is 0 Å². The average Bonchev–Trinajstić information content (AvgIpc) is 2.92. The minimum absolute atomic E-state index is 0.0655. The molecular formula is C16H21Cl2NO. The van der Waals surface area contributed by atoms with E-state index < -0.39 is 0 Å². The van der Waals surface area contributed by atoms with Crippen molar-refractivity contribution in [2.45, 2.75) is 32.1 Å². The van der Waals surface area contributed by atoms with Crippen molar-refractivity contribution < 1.29 is 4.79 Å². The Morgan fingerprint density at radius 3 is 2.70 bits per heavy atom. The molecule has 1 saturated carbocycles. The van der Waals surface area contributed by atoms with Gasteiger partial charge in [-0.3, -0.25) is 4.79 Å². The maximum absolute atomic E-state index is 12.2. The second-order valence-corrected chi connectivity index (χ2v) is 6.47. The molecule has 2 rings (SSSR count). The monoisotopic (exact) mass is 313 g/mol. The largest absolute Gasteiger partial charge is 0.306 e. The summed E-state index contributed by atoms with van der Waals surface area (Å²) >= 11 is 12.0. The van der Waals surface area contributed by atoms with Crippen LogP contribution in [0.3, 0.4) is 0 Å². The Morgan fingerprint density at radius 2 is 2.00 bits per heavy atom. The first-order valence-electron chi connectivity index (χ1n) is 7.23. The number of ketones is 1. The molecule has 0 aliphatic heterocycles. The first kappa shape index (κ1) is 15.8. The molecular weight excluding hydrogens is 293 g/mol. The summed E-state index contributed by atoms with van der Waals surface area (Å²) in [5, 5.41) is 0.814. The molecule has 0 aromatic heterocycles. The molecule has 0 radical (unpaired) electrons. The van der Waals surface area contributed by atoms with Crippen LogP contribution in [0.4, 0.5) is 0 Å². The van der Waals surface area contributed by atoms with E-state index in [2.05, 4.69) is 11.9 Å². The molecule has 0 heterocycles. The highest BCUT2D eigenvalue weighted by Crippen LogP contribution is 2.27. The third-order valence-electron chi connectivity index (χ3n) is 4.02. The molecule has 0 amide bonds. The molecule has 20 heavy (non-hydrogen) atoms. The van der Waals surface area contributed by atoms with Crippen LogP contribution in [0.15, 0.2) is 18.2 Å². The van der Waals surface area contributed by atoms with Gasteiger partial charge in [0.05, 0.1) is 10.0 Å². The Labute approximate surface area is 131 Å². The van der Waals surface area contributed by atoms with Gasteiger partial charge in [-0.2, -0.15) is 0 Å². The number of hydrogen-bond donors (Lipinski definition) is 0. The van der Waals surface area contributed by atoms with Gasteiger partial charge in [0.1, 0.15) is 0 Å². The molecule has 1 aromatic carbocycles. The summed E-state index contributed by atoms with van der Waals surface area (Å²) in [6.07, 6.45) is 5.87. The van der Waals surface area contributed by atoms with Gasteiger partial charge in [0.15, 0.2) is 5.78 Å². The van der Waals surface area contributed by atoms with Crippen LogP contribution < -0.4 is 0 Å². The third-order valence-corrected chi connectivity index (χ3v) is 4.84. The fourth-order valence-corrected chi connectivity index (χ4v) is 3.28. The highest BCUT2D eigenvalue weighted by Gasteiger charge is 2.18. The zero-order chi connectivity index (χ0) is 14.5. The normalized spacial score (nSPS) is 16.0. The summed E-state index contributed by atoms with van der Waals surface area (Å²) < 4.78 is 0. The Kier molecular flexibility index (Phi) is 5.88. The maximum Gasteiger partial charge on any atom is 0.165 e. The molecule has 0 spiro atoms. The van der Waals surface area contributed by atoms with Crippen LogP contribution in [0.2, 0.25) is 10.0 Å². The highest BCUT2D eigenvalue weighted by atomic mass is 35.5. The van der Waals surface area contributed by atoms with Gasteiger partial charge in [-0.15, -0.1) is 0 Å². The second kappa shape index (κ2) is 7.44. The van der Waals surface area contributed by atoms with Gasteiger partial charge in [-0.25, -0.2) is 0 Å². The Bertz CT molecular complexity index is 470. The van der Waals surface area contributed by atoms with Crippen molar-refractivity contribution >= 4 is 29.0 Å². The van der Waals surface area contributed by atoms with Gasteiger partial charge in [0.25, 0.3) is 0 Å². The second-order valence-electron chi connectivity index (χ2n) is 5.69. The van der Waals surface area contributed by atoms with Crippen LogP contribution in [-0.4, -0.2) is 30.8 Å². The van der Waals surface area contributed by atoms with E-state index in [1.54, 1.807) is 18.2 Å². The molecule has 0 unspecified atom stereocenters. The third kappa shape index (κ3) is 4.21. The van der Waals surface area contributed by atoms with Crippen molar-refractivity contribution in [2.24, 2.45) is 5.92 Å². The molecule has 1 aromatic rings. The number of Topliss-reactive ketones (excluding diaryl/α,β-unsaturated/α-hetero) is 1. The predicted octanol–water partition coefficient (Wildman–Crippen LogP) is 4.69. The van der Waals surface area contributed by atoms with E-state index >= 15 is 0 Å². The maximum atomic E-state index is 12.2. The Morgan fingerprint density at radius 1 is 1.30 bits per heavy atom. The Hall–Kier alpha value is -0.570. The topological polar surface area (TPSA) is 20.3 Å². The molecule has 0 bridgehead atoms. The number of rotatable bonds is 6. The summed E-state index contributed by atoms with van der Waals surface area (Å²) in [7, 11) is 2.09. The highest BCUT2D eigenvalue weighted by molar-refractivity contribution is 6.43. The van der Waals surface area contributed by atoms with Gasteiger partial charge in [-0.1, -0.05) is 42.1 Å². The van der Waals surface area contributed by atoms with E-state index in [1.807, 2.05) is 0 Å². The number of benzene rings is 1. The zero-order valence-corrected chi connectivity index (χ0v) is 13.4. The zero-order valence-electron chi connectivity index (χ0n) is 11.9. The number of nitrogens with zero attached hydrogens (tertiary/aromatic N) is 1. The van der Waals surface area contributed by atoms with Crippen molar-refractivity contribution in [1.82, 2.24) is 4.90 Å². The summed E-state index contributed by atoms with van der Waals surface area (Å²) in [5.74, 6) is 0.876. The molecule has 110 valence electrons. The minimum Gasteiger partial charge on any atom is -0.306 e. The summed E-state index contributed by atoms with van der Waals surface area (Å²) in [4.78, 5) is 14.4. The van der Waals surface area contributed by atoms with Gasteiger partial charge in [0.2, 0.25) is 0 Å². The lowest BCUT2D eigenvalue weighted by Gasteiger charge is -2.20. The van der Waals surface area contributed by atoms with Crippen LogP contribution >= 0.6 is 23.2 Å². The van der Waals surface area contributed by atoms with Crippen molar-refractivity contribution in [3.63, 3.8) is 0 Å². The molecule has 0 N–H and O–H groups in total. The lowest BCUT2D eigenvalue weighted by atomic mass is 10.1. The van der Waals surface area contributed by atoms with Crippen molar-refractivity contribution in [1.29, 1.82) is 0 Å². The fourth-order valence-electron chi connectivity index (χ4n) is 2.87. The lowest BCUT2D eigenvalue weighted by Crippen LogP contribution is -2.27. The van der Waals surface area contributed by atoms with E-state index in [1.165, 1.54) is 25.7 Å².